The minimum Gasteiger partial charge on any atom is -0.478 e. The van der Waals surface area contributed by atoms with Gasteiger partial charge in [0.15, 0.2) is 0 Å². The number of aromatic carboxylic acids is 1. The number of hydrogen-bond acceptors (Lipinski definition) is 5. The molecule has 0 aliphatic rings. The van der Waals surface area contributed by atoms with Gasteiger partial charge >= 0.3 is 5.97 Å². The van der Waals surface area contributed by atoms with Crippen molar-refractivity contribution in [3.05, 3.63) is 45.3 Å². The van der Waals surface area contributed by atoms with Gasteiger partial charge in [-0.25, -0.2) is 9.31 Å². The fraction of sp³-hybridized carbons (Fsp3) is 0.0769. The normalized spacial score (nSPS) is 10.8. The molecule has 2 N–H and O–H groups in total. The molecule has 0 fully saturated rings. The summed E-state index contributed by atoms with van der Waals surface area (Å²) < 4.78 is 2.46. The lowest BCUT2D eigenvalue weighted by atomic mass is 10.2. The number of amides is 1. The standard InChI is InChI=1S/C13H9BrN4O3S/c1-6-9(2-7(3-15-6)13(20)21)17-11(19)8-4-16-18-5-10(14)22-12(8)18/h2-5H,1H3,(H,17,19)(H,20,21). The molecule has 0 unspecified atom stereocenters. The van der Waals surface area contributed by atoms with Crippen molar-refractivity contribution in [2.24, 2.45) is 0 Å². The molecule has 3 aromatic heterocycles. The number of fused-ring (bicyclic) bond motifs is 1. The Hall–Kier alpha value is -2.26. The Bertz CT molecular complexity index is 902. The predicted octanol–water partition coefficient (Wildman–Crippen LogP) is 2.81. The number of halogens is 1. The number of rotatable bonds is 3. The number of thiazole rings is 1. The first-order valence-electron chi connectivity index (χ1n) is 6.09. The number of nitrogens with zero attached hydrogens (tertiary/aromatic N) is 3. The van der Waals surface area contributed by atoms with Crippen LogP contribution < -0.4 is 5.32 Å². The molecule has 7 nitrogen and oxygen atoms in total. The van der Waals surface area contributed by atoms with Gasteiger partial charge in [-0.3, -0.25) is 9.78 Å². The number of carboxylic acids is 1. The summed E-state index contributed by atoms with van der Waals surface area (Å²) in [6.07, 6.45) is 4.48. The van der Waals surface area contributed by atoms with Crippen molar-refractivity contribution in [2.45, 2.75) is 6.92 Å². The van der Waals surface area contributed by atoms with Gasteiger partial charge in [0, 0.05) is 6.20 Å². The van der Waals surface area contributed by atoms with Crippen molar-refractivity contribution in [1.29, 1.82) is 0 Å². The quantitative estimate of drug-likeness (QED) is 0.727. The molecule has 3 rings (SSSR count). The Balaban J connectivity index is 1.94. The molecule has 0 spiro atoms. The molecule has 3 heterocycles. The van der Waals surface area contributed by atoms with Crippen molar-refractivity contribution in [3.8, 4) is 0 Å². The number of carbonyl (C=O) groups excluding carboxylic acids is 1. The lowest BCUT2D eigenvalue weighted by Crippen LogP contribution is -2.13. The van der Waals surface area contributed by atoms with E-state index in [2.05, 4.69) is 31.3 Å². The maximum Gasteiger partial charge on any atom is 0.337 e. The van der Waals surface area contributed by atoms with Crippen molar-refractivity contribution in [3.63, 3.8) is 0 Å². The Morgan fingerprint density at radius 3 is 2.91 bits per heavy atom. The summed E-state index contributed by atoms with van der Waals surface area (Å²) in [4.78, 5) is 28.0. The van der Waals surface area contributed by atoms with Crippen LogP contribution in [0.25, 0.3) is 4.83 Å². The number of aryl methyl sites for hydroxylation is 1. The number of hydrogen-bond donors (Lipinski definition) is 2. The minimum absolute atomic E-state index is 0.0138. The summed E-state index contributed by atoms with van der Waals surface area (Å²) >= 11 is 4.72. The van der Waals surface area contributed by atoms with E-state index >= 15 is 0 Å². The Morgan fingerprint density at radius 1 is 1.41 bits per heavy atom. The van der Waals surface area contributed by atoms with Gasteiger partial charge in [-0.15, -0.1) is 11.3 Å². The average molecular weight is 381 g/mol. The number of aromatic nitrogens is 3. The van der Waals surface area contributed by atoms with E-state index < -0.39 is 5.97 Å². The first kappa shape index (κ1) is 14.7. The zero-order valence-corrected chi connectivity index (χ0v) is 13.6. The minimum atomic E-state index is -1.10. The van der Waals surface area contributed by atoms with Gasteiger partial charge < -0.3 is 10.4 Å². The van der Waals surface area contributed by atoms with Gasteiger partial charge in [0.1, 0.15) is 4.83 Å². The van der Waals surface area contributed by atoms with Crippen molar-refractivity contribution < 1.29 is 14.7 Å². The molecule has 112 valence electrons. The largest absolute Gasteiger partial charge is 0.478 e. The average Bonchev–Trinajstić information content (AvgIpc) is 2.99. The van der Waals surface area contributed by atoms with Crippen LogP contribution >= 0.6 is 27.3 Å². The SMILES string of the molecule is Cc1ncc(C(=O)O)cc1NC(=O)c1cnn2cc(Br)sc12. The molecule has 0 aromatic carbocycles. The molecule has 0 atom stereocenters. The maximum atomic E-state index is 12.4. The highest BCUT2D eigenvalue weighted by molar-refractivity contribution is 9.11. The first-order valence-corrected chi connectivity index (χ1v) is 7.70. The predicted molar refractivity (Wildman–Crippen MR) is 84.7 cm³/mol. The third-order valence-corrected chi connectivity index (χ3v) is 4.59. The highest BCUT2D eigenvalue weighted by Crippen LogP contribution is 2.26. The van der Waals surface area contributed by atoms with E-state index in [0.717, 1.165) is 3.79 Å². The summed E-state index contributed by atoms with van der Waals surface area (Å²) in [5.41, 5.74) is 1.32. The maximum absolute atomic E-state index is 12.4. The van der Waals surface area contributed by atoms with Crippen LogP contribution in [0.1, 0.15) is 26.4 Å². The van der Waals surface area contributed by atoms with Crippen molar-refractivity contribution in [2.75, 3.05) is 5.32 Å². The van der Waals surface area contributed by atoms with E-state index in [4.69, 9.17) is 5.11 Å². The van der Waals surface area contributed by atoms with Crippen molar-refractivity contribution in [1.82, 2.24) is 14.6 Å². The smallest absolute Gasteiger partial charge is 0.337 e. The first-order chi connectivity index (χ1) is 10.5. The number of nitrogens with one attached hydrogen (secondary N) is 1. The van der Waals surface area contributed by atoms with Crippen LogP contribution in [0.4, 0.5) is 5.69 Å². The van der Waals surface area contributed by atoms with Crippen molar-refractivity contribution >= 4 is 49.7 Å². The molecule has 0 saturated carbocycles. The summed E-state index contributed by atoms with van der Waals surface area (Å²) in [7, 11) is 0. The fourth-order valence-electron chi connectivity index (χ4n) is 1.88. The fourth-order valence-corrected chi connectivity index (χ4v) is 3.32. The number of carbonyl (C=O) groups is 2. The van der Waals surface area contributed by atoms with Crippen LogP contribution in [0.5, 0.6) is 0 Å². The van der Waals surface area contributed by atoms with Gasteiger partial charge in [-0.1, -0.05) is 0 Å². The molecular formula is C13H9BrN4O3S. The van der Waals surface area contributed by atoms with Crippen LogP contribution in [0, 0.1) is 6.92 Å². The van der Waals surface area contributed by atoms with Crippen LogP contribution in [0.15, 0.2) is 28.4 Å². The summed E-state index contributed by atoms with van der Waals surface area (Å²) in [5, 5.41) is 15.8. The molecule has 22 heavy (non-hydrogen) atoms. The number of pyridine rings is 1. The molecule has 0 aliphatic heterocycles. The second kappa shape index (κ2) is 5.50. The molecule has 0 aliphatic carbocycles. The van der Waals surface area contributed by atoms with E-state index in [1.807, 2.05) is 0 Å². The molecule has 3 aromatic rings. The molecule has 0 bridgehead atoms. The zero-order chi connectivity index (χ0) is 15.9. The molecule has 0 saturated heterocycles. The van der Waals surface area contributed by atoms with Gasteiger partial charge in [0.25, 0.3) is 5.91 Å². The molecule has 9 heteroatoms. The van der Waals surface area contributed by atoms with Crippen LogP contribution in [0.2, 0.25) is 0 Å². The summed E-state index contributed by atoms with van der Waals surface area (Å²) in [6.45, 7) is 1.69. The zero-order valence-electron chi connectivity index (χ0n) is 11.2. The van der Waals surface area contributed by atoms with Gasteiger partial charge in [-0.2, -0.15) is 5.10 Å². The van der Waals surface area contributed by atoms with E-state index in [0.29, 0.717) is 21.8 Å². The highest BCUT2D eigenvalue weighted by atomic mass is 79.9. The van der Waals surface area contributed by atoms with Gasteiger partial charge in [-0.05, 0) is 28.9 Å². The third kappa shape index (κ3) is 2.60. The van der Waals surface area contributed by atoms with E-state index in [-0.39, 0.29) is 11.5 Å². The second-order valence-corrected chi connectivity index (χ2v) is 6.87. The summed E-state index contributed by atoms with van der Waals surface area (Å²) in [5.74, 6) is -1.46. The van der Waals surface area contributed by atoms with E-state index in [9.17, 15) is 9.59 Å². The second-order valence-electron chi connectivity index (χ2n) is 4.46. The lowest BCUT2D eigenvalue weighted by molar-refractivity contribution is 0.0696. The van der Waals surface area contributed by atoms with Crippen LogP contribution in [-0.2, 0) is 0 Å². The van der Waals surface area contributed by atoms with Gasteiger partial charge in [0.05, 0.1) is 38.7 Å². The van der Waals surface area contributed by atoms with Crippen LogP contribution in [0.3, 0.4) is 0 Å². The van der Waals surface area contributed by atoms with E-state index in [1.165, 1.54) is 29.8 Å². The topological polar surface area (TPSA) is 96.6 Å². The molecular weight excluding hydrogens is 372 g/mol. The summed E-state index contributed by atoms with van der Waals surface area (Å²) in [6, 6.07) is 1.38. The van der Waals surface area contributed by atoms with Crippen LogP contribution in [-0.4, -0.2) is 31.6 Å². The Labute approximate surface area is 136 Å². The molecule has 0 radical (unpaired) electrons. The molecule has 1 amide bonds. The number of carboxylic acid groups (broad SMARTS) is 1. The monoisotopic (exact) mass is 380 g/mol. The Kier molecular flexibility index (Phi) is 3.67. The van der Waals surface area contributed by atoms with Gasteiger partial charge in [0.2, 0.25) is 0 Å². The third-order valence-electron chi connectivity index (χ3n) is 2.99. The number of anilines is 1. The van der Waals surface area contributed by atoms with E-state index in [1.54, 1.807) is 17.6 Å². The highest BCUT2D eigenvalue weighted by Gasteiger charge is 2.17. The Morgan fingerprint density at radius 2 is 2.18 bits per heavy atom. The lowest BCUT2D eigenvalue weighted by Gasteiger charge is -2.07.